The lowest BCUT2D eigenvalue weighted by molar-refractivity contribution is 0.313. The minimum atomic E-state index is -3.55. The Labute approximate surface area is 129 Å². The number of nitrogens with zero attached hydrogens (tertiary/aromatic N) is 4. The predicted octanol–water partition coefficient (Wildman–Crippen LogP) is 1.29. The van der Waals surface area contributed by atoms with Crippen molar-refractivity contribution in [3.63, 3.8) is 0 Å². The van der Waals surface area contributed by atoms with Crippen LogP contribution in [0.2, 0.25) is 0 Å². The average molecular weight is 325 g/mol. The molecule has 3 rings (SSSR count). The molecule has 1 saturated heterocycles. The summed E-state index contributed by atoms with van der Waals surface area (Å²) in [5.41, 5.74) is 0.407. The average Bonchev–Trinajstić information content (AvgIpc) is 3.05. The molecule has 8 nitrogen and oxygen atoms in total. The summed E-state index contributed by atoms with van der Waals surface area (Å²) < 4.78 is 31.9. The van der Waals surface area contributed by atoms with Gasteiger partial charge in [-0.2, -0.15) is 9.40 Å². The summed E-state index contributed by atoms with van der Waals surface area (Å²) in [5.74, 6) is 2.08. The number of piperidine rings is 1. The van der Waals surface area contributed by atoms with E-state index in [0.717, 1.165) is 11.6 Å². The number of nitrogens with one attached hydrogen (secondary N) is 1. The van der Waals surface area contributed by atoms with Crippen molar-refractivity contribution in [2.45, 2.75) is 44.4 Å². The third kappa shape index (κ3) is 2.54. The highest BCUT2D eigenvalue weighted by Crippen LogP contribution is 2.30. The summed E-state index contributed by atoms with van der Waals surface area (Å²) >= 11 is 0. The summed E-state index contributed by atoms with van der Waals surface area (Å²) in [4.78, 5) is 4.53. The number of hydrogen-bond acceptors (Lipinski definition) is 6. The molecule has 1 N–H and O–H groups in total. The largest absolute Gasteiger partial charge is 0.360 e. The Balaban J connectivity index is 1.76. The minimum absolute atomic E-state index is 0.194. The SMILES string of the molecule is Cc1nc(C2CCN(S(=O)(=O)c3c(C)noc3C)CC2)n[nH]1. The fraction of sp³-hybridized carbons (Fsp3) is 0.615. The summed E-state index contributed by atoms with van der Waals surface area (Å²) in [5, 5.41) is 10.7. The molecule has 0 aliphatic carbocycles. The van der Waals surface area contributed by atoms with E-state index in [0.29, 0.717) is 37.4 Å². The van der Waals surface area contributed by atoms with E-state index in [1.807, 2.05) is 6.92 Å². The number of aromatic nitrogens is 4. The van der Waals surface area contributed by atoms with E-state index in [4.69, 9.17) is 4.52 Å². The highest BCUT2D eigenvalue weighted by molar-refractivity contribution is 7.89. The summed E-state index contributed by atoms with van der Waals surface area (Å²) in [6.45, 7) is 6.02. The molecular weight excluding hydrogens is 306 g/mol. The monoisotopic (exact) mass is 325 g/mol. The van der Waals surface area contributed by atoms with Gasteiger partial charge in [-0.3, -0.25) is 5.10 Å². The van der Waals surface area contributed by atoms with Gasteiger partial charge < -0.3 is 4.52 Å². The fourth-order valence-corrected chi connectivity index (χ4v) is 4.63. The lowest BCUT2D eigenvalue weighted by Gasteiger charge is -2.29. The maximum absolute atomic E-state index is 12.7. The molecule has 22 heavy (non-hydrogen) atoms. The fourth-order valence-electron chi connectivity index (χ4n) is 2.87. The first-order valence-electron chi connectivity index (χ1n) is 7.21. The first-order chi connectivity index (χ1) is 10.4. The van der Waals surface area contributed by atoms with Crippen LogP contribution in [-0.4, -0.2) is 46.2 Å². The van der Waals surface area contributed by atoms with Gasteiger partial charge in [-0.15, -0.1) is 0 Å². The van der Waals surface area contributed by atoms with Gasteiger partial charge in [0, 0.05) is 19.0 Å². The maximum Gasteiger partial charge on any atom is 0.248 e. The van der Waals surface area contributed by atoms with Crippen LogP contribution in [-0.2, 0) is 10.0 Å². The Morgan fingerprint density at radius 3 is 2.41 bits per heavy atom. The molecule has 0 spiro atoms. The molecule has 0 aromatic carbocycles. The zero-order valence-electron chi connectivity index (χ0n) is 12.8. The molecule has 120 valence electrons. The van der Waals surface area contributed by atoms with Crippen molar-refractivity contribution in [1.29, 1.82) is 0 Å². The molecular formula is C13H19N5O3S. The smallest absolute Gasteiger partial charge is 0.248 e. The van der Waals surface area contributed by atoms with Crippen LogP contribution in [0, 0.1) is 20.8 Å². The quantitative estimate of drug-likeness (QED) is 0.911. The topological polar surface area (TPSA) is 105 Å². The molecule has 1 aliphatic heterocycles. The zero-order chi connectivity index (χ0) is 15.9. The van der Waals surface area contributed by atoms with Crippen LogP contribution >= 0.6 is 0 Å². The highest BCUT2D eigenvalue weighted by atomic mass is 32.2. The van der Waals surface area contributed by atoms with Gasteiger partial charge in [0.15, 0.2) is 11.6 Å². The molecule has 9 heteroatoms. The molecule has 0 amide bonds. The van der Waals surface area contributed by atoms with Crippen molar-refractivity contribution >= 4 is 10.0 Å². The van der Waals surface area contributed by atoms with Gasteiger partial charge in [0.05, 0.1) is 0 Å². The molecule has 0 radical (unpaired) electrons. The Kier molecular flexibility index (Phi) is 3.77. The molecule has 0 saturated carbocycles. The van der Waals surface area contributed by atoms with Crippen molar-refractivity contribution < 1.29 is 12.9 Å². The summed E-state index contributed by atoms with van der Waals surface area (Å²) in [7, 11) is -3.55. The molecule has 0 bridgehead atoms. The predicted molar refractivity (Wildman–Crippen MR) is 77.8 cm³/mol. The van der Waals surface area contributed by atoms with Gasteiger partial charge in [0.25, 0.3) is 0 Å². The van der Waals surface area contributed by atoms with Gasteiger partial charge >= 0.3 is 0 Å². The van der Waals surface area contributed by atoms with Crippen LogP contribution in [0.1, 0.15) is 41.9 Å². The molecule has 0 unspecified atom stereocenters. The number of aryl methyl sites for hydroxylation is 3. The van der Waals surface area contributed by atoms with Crippen molar-refractivity contribution in [2.75, 3.05) is 13.1 Å². The van der Waals surface area contributed by atoms with Crippen molar-refractivity contribution in [1.82, 2.24) is 24.6 Å². The standard InChI is InChI=1S/C13H19N5O3S/c1-8-12(9(2)21-17-8)22(19,20)18-6-4-11(5-7-18)13-14-10(3)15-16-13/h11H,4-7H2,1-3H3,(H,14,15,16). The highest BCUT2D eigenvalue weighted by Gasteiger charge is 2.34. The van der Waals surface area contributed by atoms with E-state index < -0.39 is 10.0 Å². The third-order valence-corrected chi connectivity index (χ3v) is 6.14. The van der Waals surface area contributed by atoms with Crippen LogP contribution in [0.5, 0.6) is 0 Å². The van der Waals surface area contributed by atoms with Gasteiger partial charge in [-0.05, 0) is 33.6 Å². The normalized spacial score (nSPS) is 18.0. The molecule has 3 heterocycles. The van der Waals surface area contributed by atoms with Crippen molar-refractivity contribution in [2.24, 2.45) is 0 Å². The first kappa shape index (κ1) is 15.2. The first-order valence-corrected chi connectivity index (χ1v) is 8.65. The Hall–Kier alpha value is -1.74. The molecule has 0 atom stereocenters. The second-order valence-electron chi connectivity index (χ2n) is 5.61. The van der Waals surface area contributed by atoms with E-state index in [1.165, 1.54) is 4.31 Å². The number of hydrogen-bond donors (Lipinski definition) is 1. The maximum atomic E-state index is 12.7. The summed E-state index contributed by atoms with van der Waals surface area (Å²) in [6, 6.07) is 0. The number of aromatic amines is 1. The molecule has 2 aromatic heterocycles. The Bertz CT molecular complexity index is 752. The third-order valence-electron chi connectivity index (χ3n) is 4.00. The zero-order valence-corrected chi connectivity index (χ0v) is 13.6. The van der Waals surface area contributed by atoms with Gasteiger partial charge in [-0.25, -0.2) is 13.4 Å². The Morgan fingerprint density at radius 2 is 1.91 bits per heavy atom. The van der Waals surface area contributed by atoms with E-state index in [-0.39, 0.29) is 10.8 Å². The number of sulfonamides is 1. The van der Waals surface area contributed by atoms with Crippen LogP contribution in [0.15, 0.2) is 9.42 Å². The molecule has 2 aromatic rings. The van der Waals surface area contributed by atoms with Gasteiger partial charge in [0.1, 0.15) is 16.4 Å². The van der Waals surface area contributed by atoms with E-state index >= 15 is 0 Å². The molecule has 1 fully saturated rings. The lowest BCUT2D eigenvalue weighted by Crippen LogP contribution is -2.38. The second-order valence-corrected chi connectivity index (χ2v) is 7.49. The second kappa shape index (κ2) is 5.47. The number of rotatable bonds is 3. The van der Waals surface area contributed by atoms with Crippen molar-refractivity contribution in [3.05, 3.63) is 23.1 Å². The van der Waals surface area contributed by atoms with Crippen LogP contribution in [0.25, 0.3) is 0 Å². The van der Waals surface area contributed by atoms with Gasteiger partial charge in [0.2, 0.25) is 10.0 Å². The van der Waals surface area contributed by atoms with Crippen molar-refractivity contribution in [3.8, 4) is 0 Å². The lowest BCUT2D eigenvalue weighted by atomic mass is 9.98. The van der Waals surface area contributed by atoms with Crippen LogP contribution in [0.3, 0.4) is 0 Å². The van der Waals surface area contributed by atoms with E-state index in [2.05, 4.69) is 20.3 Å². The minimum Gasteiger partial charge on any atom is -0.360 e. The summed E-state index contributed by atoms with van der Waals surface area (Å²) in [6.07, 6.45) is 1.42. The van der Waals surface area contributed by atoms with Crippen LogP contribution in [0.4, 0.5) is 0 Å². The number of H-pyrrole nitrogens is 1. The van der Waals surface area contributed by atoms with Crippen LogP contribution < -0.4 is 0 Å². The van der Waals surface area contributed by atoms with E-state index in [1.54, 1.807) is 13.8 Å². The Morgan fingerprint density at radius 1 is 1.23 bits per heavy atom. The van der Waals surface area contributed by atoms with E-state index in [9.17, 15) is 8.42 Å². The molecule has 1 aliphatic rings. The van der Waals surface area contributed by atoms with Gasteiger partial charge in [-0.1, -0.05) is 5.16 Å².